The highest BCUT2D eigenvalue weighted by molar-refractivity contribution is 9.10. The van der Waals surface area contributed by atoms with E-state index in [2.05, 4.69) is 21.2 Å². The topological polar surface area (TPSA) is 29.1 Å². The maximum Gasteiger partial charge on any atom is 0.266 e. The van der Waals surface area contributed by atoms with Crippen LogP contribution in [0.1, 0.15) is 15.2 Å². The zero-order chi connectivity index (χ0) is 12.4. The molecule has 0 aliphatic carbocycles. The van der Waals surface area contributed by atoms with Gasteiger partial charge in [0, 0.05) is 10.2 Å². The summed E-state index contributed by atoms with van der Waals surface area (Å²) < 4.78 is 14.0. The van der Waals surface area contributed by atoms with Gasteiger partial charge in [0.1, 0.15) is 10.7 Å². The molecule has 2 nitrogen and oxygen atoms in total. The average Bonchev–Trinajstić information content (AvgIpc) is 2.70. The predicted molar refractivity (Wildman–Crippen MR) is 71.1 cm³/mol. The SMILES string of the molecule is Cc1ccc(NC(=O)c2sccc2Br)cc1F. The number of anilines is 1. The van der Waals surface area contributed by atoms with Gasteiger partial charge < -0.3 is 5.32 Å². The summed E-state index contributed by atoms with van der Waals surface area (Å²) in [6, 6.07) is 6.43. The minimum absolute atomic E-state index is 0.241. The van der Waals surface area contributed by atoms with Crippen LogP contribution < -0.4 is 5.32 Å². The number of halogens is 2. The molecule has 0 atom stereocenters. The molecule has 88 valence electrons. The molecule has 0 bridgehead atoms. The number of nitrogens with one attached hydrogen (secondary N) is 1. The Labute approximate surface area is 111 Å². The second kappa shape index (κ2) is 4.98. The number of aryl methyl sites for hydroxylation is 1. The first kappa shape index (κ1) is 12.3. The smallest absolute Gasteiger partial charge is 0.266 e. The Hall–Kier alpha value is -1.20. The van der Waals surface area contributed by atoms with Gasteiger partial charge in [0.25, 0.3) is 5.91 Å². The van der Waals surface area contributed by atoms with Gasteiger partial charge in [-0.3, -0.25) is 4.79 Å². The molecule has 0 fully saturated rings. The summed E-state index contributed by atoms with van der Waals surface area (Å²) in [6.45, 7) is 1.68. The molecular formula is C12H9BrFNOS. The summed E-state index contributed by atoms with van der Waals surface area (Å²) in [5.41, 5.74) is 1.01. The Morgan fingerprint density at radius 2 is 2.18 bits per heavy atom. The molecule has 0 spiro atoms. The van der Waals surface area contributed by atoms with Gasteiger partial charge in [-0.2, -0.15) is 0 Å². The zero-order valence-corrected chi connectivity index (χ0v) is 11.4. The normalized spacial score (nSPS) is 10.3. The number of rotatable bonds is 2. The van der Waals surface area contributed by atoms with Crippen molar-refractivity contribution in [3.05, 3.63) is 50.4 Å². The summed E-state index contributed by atoms with van der Waals surface area (Å²) in [5.74, 6) is -0.567. The zero-order valence-electron chi connectivity index (χ0n) is 8.96. The Kier molecular flexibility index (Phi) is 3.59. The lowest BCUT2D eigenvalue weighted by Gasteiger charge is -2.05. The Bertz CT molecular complexity index is 567. The largest absolute Gasteiger partial charge is 0.321 e. The third-order valence-corrected chi connectivity index (χ3v) is 4.09. The first-order valence-corrected chi connectivity index (χ1v) is 6.55. The van der Waals surface area contributed by atoms with Crippen molar-refractivity contribution in [3.8, 4) is 0 Å². The van der Waals surface area contributed by atoms with E-state index in [9.17, 15) is 9.18 Å². The van der Waals surface area contributed by atoms with Crippen LogP contribution in [-0.2, 0) is 0 Å². The van der Waals surface area contributed by atoms with Gasteiger partial charge >= 0.3 is 0 Å². The lowest BCUT2D eigenvalue weighted by Crippen LogP contribution is -2.10. The Morgan fingerprint density at radius 1 is 1.41 bits per heavy atom. The summed E-state index contributed by atoms with van der Waals surface area (Å²) >= 11 is 4.61. The molecule has 0 saturated carbocycles. The van der Waals surface area contributed by atoms with Gasteiger partial charge in [-0.25, -0.2) is 4.39 Å². The van der Waals surface area contributed by atoms with E-state index < -0.39 is 0 Å². The quantitative estimate of drug-likeness (QED) is 0.884. The highest BCUT2D eigenvalue weighted by Crippen LogP contribution is 2.24. The molecule has 1 N–H and O–H groups in total. The van der Waals surface area contributed by atoms with Crippen molar-refractivity contribution in [2.75, 3.05) is 5.32 Å². The van der Waals surface area contributed by atoms with Crippen LogP contribution in [0.2, 0.25) is 0 Å². The molecule has 2 aromatic rings. The van der Waals surface area contributed by atoms with Gasteiger partial charge in [0.15, 0.2) is 0 Å². The van der Waals surface area contributed by atoms with Gasteiger partial charge in [0.05, 0.1) is 0 Å². The number of amides is 1. The third-order valence-electron chi connectivity index (χ3n) is 2.25. The molecule has 1 aromatic carbocycles. The van der Waals surface area contributed by atoms with Gasteiger partial charge in [-0.15, -0.1) is 11.3 Å². The summed E-state index contributed by atoms with van der Waals surface area (Å²) in [6.07, 6.45) is 0. The maximum atomic E-state index is 13.3. The molecule has 1 amide bonds. The van der Waals surface area contributed by atoms with Crippen LogP contribution >= 0.6 is 27.3 Å². The predicted octanol–water partition coefficient (Wildman–Crippen LogP) is 4.21. The standard InChI is InChI=1S/C12H9BrFNOS/c1-7-2-3-8(6-10(7)14)15-12(16)11-9(13)4-5-17-11/h2-6H,1H3,(H,15,16). The van der Waals surface area contributed by atoms with E-state index in [0.717, 1.165) is 4.47 Å². The number of thiophene rings is 1. The minimum atomic E-state index is -0.326. The van der Waals surface area contributed by atoms with E-state index in [4.69, 9.17) is 0 Å². The number of carbonyl (C=O) groups excluding carboxylic acids is 1. The first-order valence-electron chi connectivity index (χ1n) is 4.88. The summed E-state index contributed by atoms with van der Waals surface area (Å²) in [5, 5.41) is 4.47. The fraction of sp³-hybridized carbons (Fsp3) is 0.0833. The fourth-order valence-corrected chi connectivity index (χ4v) is 2.76. The van der Waals surface area contributed by atoms with Crippen LogP contribution in [-0.4, -0.2) is 5.91 Å². The second-order valence-electron chi connectivity index (χ2n) is 3.52. The highest BCUT2D eigenvalue weighted by Gasteiger charge is 2.12. The molecule has 0 radical (unpaired) electrons. The van der Waals surface area contributed by atoms with E-state index in [1.165, 1.54) is 17.4 Å². The Balaban J connectivity index is 2.19. The van der Waals surface area contributed by atoms with E-state index in [1.807, 2.05) is 5.38 Å². The molecule has 17 heavy (non-hydrogen) atoms. The maximum absolute atomic E-state index is 13.3. The van der Waals surface area contributed by atoms with Crippen molar-refractivity contribution in [2.24, 2.45) is 0 Å². The van der Waals surface area contributed by atoms with E-state index in [0.29, 0.717) is 16.1 Å². The van der Waals surface area contributed by atoms with Crippen LogP contribution in [0.3, 0.4) is 0 Å². The number of hydrogen-bond donors (Lipinski definition) is 1. The van der Waals surface area contributed by atoms with Crippen molar-refractivity contribution in [3.63, 3.8) is 0 Å². The number of hydrogen-bond acceptors (Lipinski definition) is 2. The molecule has 0 saturated heterocycles. The third kappa shape index (κ3) is 2.73. The first-order chi connectivity index (χ1) is 8.08. The van der Waals surface area contributed by atoms with Gasteiger partial charge in [0.2, 0.25) is 0 Å². The van der Waals surface area contributed by atoms with Crippen LogP contribution in [0, 0.1) is 12.7 Å². The van der Waals surface area contributed by atoms with Crippen molar-refractivity contribution < 1.29 is 9.18 Å². The lowest BCUT2D eigenvalue weighted by atomic mass is 10.2. The van der Waals surface area contributed by atoms with Crippen molar-refractivity contribution in [1.82, 2.24) is 0 Å². The molecule has 1 heterocycles. The average molecular weight is 314 g/mol. The molecule has 5 heteroatoms. The van der Waals surface area contributed by atoms with Crippen molar-refractivity contribution in [2.45, 2.75) is 6.92 Å². The van der Waals surface area contributed by atoms with Crippen LogP contribution in [0.4, 0.5) is 10.1 Å². The van der Waals surface area contributed by atoms with Crippen LogP contribution in [0.25, 0.3) is 0 Å². The number of carbonyl (C=O) groups is 1. The van der Waals surface area contributed by atoms with E-state index >= 15 is 0 Å². The number of benzene rings is 1. The molecule has 0 unspecified atom stereocenters. The lowest BCUT2D eigenvalue weighted by molar-refractivity contribution is 0.103. The molecule has 0 aliphatic heterocycles. The van der Waals surface area contributed by atoms with Crippen LogP contribution in [0.15, 0.2) is 34.1 Å². The fourth-order valence-electron chi connectivity index (χ4n) is 1.31. The highest BCUT2D eigenvalue weighted by atomic mass is 79.9. The minimum Gasteiger partial charge on any atom is -0.321 e. The summed E-state index contributed by atoms with van der Waals surface area (Å²) in [4.78, 5) is 12.4. The van der Waals surface area contributed by atoms with Crippen molar-refractivity contribution in [1.29, 1.82) is 0 Å². The van der Waals surface area contributed by atoms with Gasteiger partial charge in [-0.1, -0.05) is 6.07 Å². The molecule has 1 aromatic heterocycles. The molecule has 0 aliphatic rings. The molecular weight excluding hydrogens is 305 g/mol. The van der Waals surface area contributed by atoms with Crippen molar-refractivity contribution >= 4 is 38.9 Å². The van der Waals surface area contributed by atoms with E-state index in [1.54, 1.807) is 25.1 Å². The van der Waals surface area contributed by atoms with Gasteiger partial charge in [-0.05, 0) is 52.0 Å². The summed E-state index contributed by atoms with van der Waals surface area (Å²) in [7, 11) is 0. The van der Waals surface area contributed by atoms with Crippen LogP contribution in [0.5, 0.6) is 0 Å². The van der Waals surface area contributed by atoms with E-state index in [-0.39, 0.29) is 11.7 Å². The monoisotopic (exact) mass is 313 g/mol. The second-order valence-corrected chi connectivity index (χ2v) is 5.29. The molecule has 2 rings (SSSR count). The Morgan fingerprint density at radius 3 is 2.76 bits per heavy atom.